The minimum Gasteiger partial charge on any atom is -0.334 e. The summed E-state index contributed by atoms with van der Waals surface area (Å²) in [4.78, 5) is 8.64. The number of hydrogen-bond donors (Lipinski definition) is 0. The van der Waals surface area contributed by atoms with Crippen LogP contribution >= 0.6 is 11.6 Å². The van der Waals surface area contributed by atoms with E-state index in [1.54, 1.807) is 0 Å². The second-order valence-corrected chi connectivity index (χ2v) is 4.89. The molecule has 0 atom stereocenters. The summed E-state index contributed by atoms with van der Waals surface area (Å²) in [7, 11) is 0. The molecule has 3 rings (SSSR count). The zero-order valence-corrected chi connectivity index (χ0v) is 11.8. The summed E-state index contributed by atoms with van der Waals surface area (Å²) in [6.07, 6.45) is 0. The zero-order chi connectivity index (χ0) is 14.1. The van der Waals surface area contributed by atoms with Crippen molar-refractivity contribution in [2.24, 2.45) is 0 Å². The SMILES string of the molecule is Cc1cc(C)c(-c2noc(-c3ccccc3)n2)c(Cl)n1. The van der Waals surface area contributed by atoms with Crippen molar-refractivity contribution in [1.82, 2.24) is 15.1 Å². The Morgan fingerprint density at radius 1 is 1.05 bits per heavy atom. The summed E-state index contributed by atoms with van der Waals surface area (Å²) < 4.78 is 5.30. The first-order chi connectivity index (χ1) is 9.65. The van der Waals surface area contributed by atoms with E-state index < -0.39 is 0 Å². The van der Waals surface area contributed by atoms with Crippen molar-refractivity contribution < 1.29 is 4.52 Å². The lowest BCUT2D eigenvalue weighted by molar-refractivity contribution is 0.432. The number of aryl methyl sites for hydroxylation is 2. The van der Waals surface area contributed by atoms with E-state index in [1.165, 1.54) is 0 Å². The minimum atomic E-state index is 0.392. The number of hydrogen-bond acceptors (Lipinski definition) is 4. The van der Waals surface area contributed by atoms with Crippen molar-refractivity contribution in [2.45, 2.75) is 13.8 Å². The van der Waals surface area contributed by atoms with Crippen molar-refractivity contribution >= 4 is 11.6 Å². The fraction of sp³-hybridized carbons (Fsp3) is 0.133. The van der Waals surface area contributed by atoms with E-state index in [1.807, 2.05) is 50.2 Å². The maximum atomic E-state index is 6.19. The topological polar surface area (TPSA) is 51.8 Å². The summed E-state index contributed by atoms with van der Waals surface area (Å²) in [5.41, 5.74) is 3.43. The number of nitrogens with zero attached hydrogens (tertiary/aromatic N) is 3. The van der Waals surface area contributed by atoms with E-state index in [2.05, 4.69) is 15.1 Å². The number of rotatable bonds is 2. The van der Waals surface area contributed by atoms with E-state index in [-0.39, 0.29) is 0 Å². The molecular weight excluding hydrogens is 274 g/mol. The Kier molecular flexibility index (Phi) is 3.24. The Morgan fingerprint density at radius 2 is 1.80 bits per heavy atom. The molecule has 20 heavy (non-hydrogen) atoms. The molecule has 2 heterocycles. The van der Waals surface area contributed by atoms with Crippen molar-refractivity contribution in [1.29, 1.82) is 0 Å². The quantitative estimate of drug-likeness (QED) is 0.666. The van der Waals surface area contributed by atoms with Gasteiger partial charge in [-0.15, -0.1) is 0 Å². The highest BCUT2D eigenvalue weighted by Crippen LogP contribution is 2.29. The molecule has 100 valence electrons. The third-order valence-corrected chi connectivity index (χ3v) is 3.24. The van der Waals surface area contributed by atoms with Crippen molar-refractivity contribution in [3.63, 3.8) is 0 Å². The lowest BCUT2D eigenvalue weighted by atomic mass is 10.1. The maximum absolute atomic E-state index is 6.19. The Balaban J connectivity index is 2.07. The monoisotopic (exact) mass is 285 g/mol. The molecular formula is C15H12ClN3O. The normalized spacial score (nSPS) is 10.8. The third-order valence-electron chi connectivity index (χ3n) is 2.97. The molecule has 0 radical (unpaired) electrons. The average molecular weight is 286 g/mol. The van der Waals surface area contributed by atoms with Crippen molar-refractivity contribution in [2.75, 3.05) is 0 Å². The van der Waals surface area contributed by atoms with E-state index >= 15 is 0 Å². The van der Waals surface area contributed by atoms with Crippen molar-refractivity contribution in [3.05, 3.63) is 52.8 Å². The number of halogens is 1. The van der Waals surface area contributed by atoms with Crippen LogP contribution in [-0.4, -0.2) is 15.1 Å². The van der Waals surface area contributed by atoms with Gasteiger partial charge < -0.3 is 4.52 Å². The molecule has 3 aromatic rings. The molecule has 0 aliphatic carbocycles. The Labute approximate surface area is 121 Å². The van der Waals surface area contributed by atoms with Gasteiger partial charge in [0.15, 0.2) is 0 Å². The minimum absolute atomic E-state index is 0.392. The molecule has 1 aromatic carbocycles. The predicted octanol–water partition coefficient (Wildman–Crippen LogP) is 4.07. The van der Waals surface area contributed by atoms with Crippen LogP contribution in [0.5, 0.6) is 0 Å². The molecule has 0 saturated heterocycles. The fourth-order valence-electron chi connectivity index (χ4n) is 2.08. The molecule has 0 aliphatic heterocycles. The third kappa shape index (κ3) is 2.30. The van der Waals surface area contributed by atoms with Gasteiger partial charge >= 0.3 is 0 Å². The molecule has 0 fully saturated rings. The number of benzene rings is 1. The van der Waals surface area contributed by atoms with Gasteiger partial charge in [-0.05, 0) is 37.6 Å². The van der Waals surface area contributed by atoms with E-state index in [0.29, 0.717) is 22.4 Å². The summed E-state index contributed by atoms with van der Waals surface area (Å²) >= 11 is 6.19. The second kappa shape index (κ2) is 5.06. The van der Waals surface area contributed by atoms with Crippen LogP contribution in [0.3, 0.4) is 0 Å². The van der Waals surface area contributed by atoms with Gasteiger partial charge in [0.25, 0.3) is 5.89 Å². The number of aromatic nitrogens is 3. The van der Waals surface area contributed by atoms with Crippen LogP contribution in [0, 0.1) is 13.8 Å². The van der Waals surface area contributed by atoms with Gasteiger partial charge in [0.2, 0.25) is 5.82 Å². The second-order valence-electron chi connectivity index (χ2n) is 4.54. The first kappa shape index (κ1) is 12.8. The van der Waals surface area contributed by atoms with Crippen LogP contribution in [-0.2, 0) is 0 Å². The Bertz CT molecular complexity index is 730. The molecule has 0 spiro atoms. The smallest absolute Gasteiger partial charge is 0.258 e. The predicted molar refractivity (Wildman–Crippen MR) is 77.4 cm³/mol. The van der Waals surface area contributed by atoms with Crippen molar-refractivity contribution in [3.8, 4) is 22.8 Å². The van der Waals surface area contributed by atoms with E-state index in [4.69, 9.17) is 16.1 Å². The molecule has 0 amide bonds. The molecule has 5 heteroatoms. The largest absolute Gasteiger partial charge is 0.334 e. The summed E-state index contributed by atoms with van der Waals surface area (Å²) in [6.45, 7) is 3.85. The highest BCUT2D eigenvalue weighted by Gasteiger charge is 2.16. The van der Waals surface area contributed by atoms with Crippen LogP contribution < -0.4 is 0 Å². The van der Waals surface area contributed by atoms with Gasteiger partial charge in [-0.2, -0.15) is 4.98 Å². The van der Waals surface area contributed by atoms with Gasteiger partial charge in [0.1, 0.15) is 5.15 Å². The number of pyridine rings is 1. The molecule has 0 unspecified atom stereocenters. The van der Waals surface area contributed by atoms with Gasteiger partial charge in [-0.3, -0.25) is 0 Å². The van der Waals surface area contributed by atoms with Crippen LogP contribution in [0.4, 0.5) is 0 Å². The van der Waals surface area contributed by atoms with E-state index in [9.17, 15) is 0 Å². The molecule has 0 saturated carbocycles. The standard InChI is InChI=1S/C15H12ClN3O/c1-9-8-10(2)17-13(16)12(9)14-18-15(20-19-14)11-6-4-3-5-7-11/h3-8H,1-2H3. The highest BCUT2D eigenvalue weighted by atomic mass is 35.5. The van der Waals surface area contributed by atoms with Gasteiger partial charge in [-0.25, -0.2) is 4.98 Å². The van der Waals surface area contributed by atoms with Crippen LogP contribution in [0.2, 0.25) is 5.15 Å². The lowest BCUT2D eigenvalue weighted by Crippen LogP contribution is -1.92. The zero-order valence-electron chi connectivity index (χ0n) is 11.1. The summed E-state index contributed by atoms with van der Waals surface area (Å²) in [5.74, 6) is 0.926. The maximum Gasteiger partial charge on any atom is 0.258 e. The highest BCUT2D eigenvalue weighted by molar-refractivity contribution is 6.32. The first-order valence-corrected chi connectivity index (χ1v) is 6.56. The lowest BCUT2D eigenvalue weighted by Gasteiger charge is -2.04. The molecule has 0 aliphatic rings. The Morgan fingerprint density at radius 3 is 2.50 bits per heavy atom. The summed E-state index contributed by atoms with van der Waals surface area (Å²) in [5, 5.41) is 4.40. The van der Waals surface area contributed by atoms with Crippen LogP contribution in [0.15, 0.2) is 40.9 Å². The van der Waals surface area contributed by atoms with Crippen LogP contribution in [0.1, 0.15) is 11.3 Å². The molecule has 2 aromatic heterocycles. The van der Waals surface area contributed by atoms with Gasteiger partial charge in [-0.1, -0.05) is 35.0 Å². The van der Waals surface area contributed by atoms with E-state index in [0.717, 1.165) is 16.8 Å². The van der Waals surface area contributed by atoms with Gasteiger partial charge in [0.05, 0.1) is 5.56 Å². The summed E-state index contributed by atoms with van der Waals surface area (Å²) in [6, 6.07) is 11.6. The van der Waals surface area contributed by atoms with Gasteiger partial charge in [0, 0.05) is 11.3 Å². The molecule has 4 nitrogen and oxygen atoms in total. The van der Waals surface area contributed by atoms with Crippen LogP contribution in [0.25, 0.3) is 22.8 Å². The Hall–Kier alpha value is -2.20. The fourth-order valence-corrected chi connectivity index (χ4v) is 2.45. The molecule has 0 bridgehead atoms. The first-order valence-electron chi connectivity index (χ1n) is 6.18. The molecule has 0 N–H and O–H groups in total. The average Bonchev–Trinajstić information content (AvgIpc) is 2.88.